The van der Waals surface area contributed by atoms with Crippen LogP contribution in [0.5, 0.6) is 0 Å². The Morgan fingerprint density at radius 1 is 1.27 bits per heavy atom. The van der Waals surface area contributed by atoms with Crippen molar-refractivity contribution in [3.8, 4) is 0 Å². The van der Waals surface area contributed by atoms with Crippen LogP contribution in [0.2, 0.25) is 0 Å². The van der Waals surface area contributed by atoms with Crippen molar-refractivity contribution in [1.29, 1.82) is 0 Å². The van der Waals surface area contributed by atoms with Crippen molar-refractivity contribution < 1.29 is 14.0 Å². The molecule has 122 valence electrons. The lowest BCUT2D eigenvalue weighted by molar-refractivity contribution is -0.122. The average molecular weight is 330 g/mol. The summed E-state index contributed by atoms with van der Waals surface area (Å²) in [5, 5.41) is 8.66. The third-order valence-electron chi connectivity index (χ3n) is 3.40. The van der Waals surface area contributed by atoms with Crippen molar-refractivity contribution in [2.24, 2.45) is 0 Å². The quantitative estimate of drug-likeness (QED) is 0.688. The van der Waals surface area contributed by atoms with E-state index in [1.807, 2.05) is 0 Å². The zero-order valence-electron chi connectivity index (χ0n) is 12.2. The predicted molar refractivity (Wildman–Crippen MR) is 84.6 cm³/mol. The van der Waals surface area contributed by atoms with Crippen molar-refractivity contribution in [2.45, 2.75) is 25.3 Å². The van der Waals surface area contributed by atoms with Crippen molar-refractivity contribution in [3.63, 3.8) is 0 Å². The summed E-state index contributed by atoms with van der Waals surface area (Å²) >= 11 is 0. The lowest BCUT2D eigenvalue weighted by Gasteiger charge is -2.11. The van der Waals surface area contributed by atoms with Crippen LogP contribution in [0.4, 0.5) is 4.39 Å². The molecule has 0 aromatic heterocycles. The Kier molecular flexibility index (Phi) is 7.84. The summed E-state index contributed by atoms with van der Waals surface area (Å²) in [5.41, 5.74) is 0.300. The van der Waals surface area contributed by atoms with Crippen LogP contribution in [-0.2, 0) is 4.79 Å². The molecule has 1 saturated heterocycles. The maximum Gasteiger partial charge on any atom is 0.251 e. The van der Waals surface area contributed by atoms with Crippen LogP contribution in [0.15, 0.2) is 24.3 Å². The van der Waals surface area contributed by atoms with Crippen molar-refractivity contribution >= 4 is 24.2 Å². The first-order valence-electron chi connectivity index (χ1n) is 7.21. The molecule has 1 aliphatic heterocycles. The van der Waals surface area contributed by atoms with Gasteiger partial charge in [0.15, 0.2) is 0 Å². The average Bonchev–Trinajstić information content (AvgIpc) is 3.00. The molecule has 2 amide bonds. The molecule has 1 aliphatic rings. The van der Waals surface area contributed by atoms with Gasteiger partial charge in [-0.05, 0) is 44.0 Å². The van der Waals surface area contributed by atoms with Gasteiger partial charge in [0, 0.05) is 18.7 Å². The SMILES string of the molecule is Cl.O=C(NCCCNC(=O)C1CCCN1)c1cccc(F)c1. The first-order valence-corrected chi connectivity index (χ1v) is 7.21. The summed E-state index contributed by atoms with van der Waals surface area (Å²) in [6.45, 7) is 1.84. The largest absolute Gasteiger partial charge is 0.355 e. The van der Waals surface area contributed by atoms with E-state index in [-0.39, 0.29) is 30.3 Å². The van der Waals surface area contributed by atoms with Crippen LogP contribution in [0, 0.1) is 5.82 Å². The number of hydrogen-bond donors (Lipinski definition) is 3. The monoisotopic (exact) mass is 329 g/mol. The Bertz CT molecular complexity index is 507. The molecule has 1 aromatic rings. The Hall–Kier alpha value is -1.66. The fraction of sp³-hybridized carbons (Fsp3) is 0.467. The highest BCUT2D eigenvalue weighted by Crippen LogP contribution is 2.04. The molecule has 1 aromatic carbocycles. The highest BCUT2D eigenvalue weighted by Gasteiger charge is 2.21. The second-order valence-electron chi connectivity index (χ2n) is 5.06. The van der Waals surface area contributed by atoms with Gasteiger partial charge >= 0.3 is 0 Å². The van der Waals surface area contributed by atoms with Crippen molar-refractivity contribution in [2.75, 3.05) is 19.6 Å². The highest BCUT2D eigenvalue weighted by molar-refractivity contribution is 5.94. The standard InChI is InChI=1S/C15H20FN3O2.ClH/c16-12-5-1-4-11(10-12)14(20)18-8-3-9-19-15(21)13-6-2-7-17-13;/h1,4-5,10,13,17H,2-3,6-9H2,(H,18,20)(H,19,21);1H. The Morgan fingerprint density at radius 2 is 2.05 bits per heavy atom. The van der Waals surface area contributed by atoms with E-state index in [1.54, 1.807) is 6.07 Å². The van der Waals surface area contributed by atoms with Crippen LogP contribution >= 0.6 is 12.4 Å². The van der Waals surface area contributed by atoms with Gasteiger partial charge in [0.25, 0.3) is 5.91 Å². The molecule has 0 radical (unpaired) electrons. The minimum atomic E-state index is -0.432. The lowest BCUT2D eigenvalue weighted by Crippen LogP contribution is -2.41. The van der Waals surface area contributed by atoms with Crippen LogP contribution in [-0.4, -0.2) is 37.5 Å². The molecule has 7 heteroatoms. The molecule has 0 aliphatic carbocycles. The number of rotatable bonds is 6. The van der Waals surface area contributed by atoms with Gasteiger partial charge in [-0.3, -0.25) is 9.59 Å². The molecule has 1 fully saturated rings. The fourth-order valence-electron chi connectivity index (χ4n) is 2.27. The van der Waals surface area contributed by atoms with Gasteiger partial charge in [-0.1, -0.05) is 6.07 Å². The second-order valence-corrected chi connectivity index (χ2v) is 5.06. The molecule has 0 spiro atoms. The maximum absolute atomic E-state index is 13.0. The van der Waals surface area contributed by atoms with Gasteiger partial charge < -0.3 is 16.0 Å². The minimum absolute atomic E-state index is 0. The van der Waals surface area contributed by atoms with Gasteiger partial charge in [0.2, 0.25) is 5.91 Å². The first kappa shape index (κ1) is 18.4. The molecule has 0 bridgehead atoms. The third kappa shape index (κ3) is 5.61. The van der Waals surface area contributed by atoms with Gasteiger partial charge in [0.1, 0.15) is 5.82 Å². The third-order valence-corrected chi connectivity index (χ3v) is 3.40. The Labute approximate surface area is 135 Å². The molecule has 1 heterocycles. The molecule has 2 rings (SSSR count). The van der Waals surface area contributed by atoms with Crippen LogP contribution in [0.1, 0.15) is 29.6 Å². The van der Waals surface area contributed by atoms with Crippen molar-refractivity contribution in [1.82, 2.24) is 16.0 Å². The minimum Gasteiger partial charge on any atom is -0.355 e. The summed E-state index contributed by atoms with van der Waals surface area (Å²) in [5.74, 6) is -0.721. The van der Waals surface area contributed by atoms with Crippen LogP contribution in [0.3, 0.4) is 0 Å². The van der Waals surface area contributed by atoms with E-state index in [0.29, 0.717) is 25.1 Å². The summed E-state index contributed by atoms with van der Waals surface area (Å²) < 4.78 is 13.0. The van der Waals surface area contributed by atoms with Crippen LogP contribution < -0.4 is 16.0 Å². The van der Waals surface area contributed by atoms with E-state index in [2.05, 4.69) is 16.0 Å². The fourth-order valence-corrected chi connectivity index (χ4v) is 2.27. The topological polar surface area (TPSA) is 70.2 Å². The van der Waals surface area contributed by atoms with E-state index in [9.17, 15) is 14.0 Å². The van der Waals surface area contributed by atoms with E-state index < -0.39 is 5.82 Å². The molecule has 1 atom stereocenters. The van der Waals surface area contributed by atoms with E-state index in [4.69, 9.17) is 0 Å². The maximum atomic E-state index is 13.0. The Morgan fingerprint density at radius 3 is 2.73 bits per heavy atom. The Balaban J connectivity index is 0.00000242. The highest BCUT2D eigenvalue weighted by atomic mass is 35.5. The number of carbonyl (C=O) groups excluding carboxylic acids is 2. The summed E-state index contributed by atoms with van der Waals surface area (Å²) in [4.78, 5) is 23.4. The predicted octanol–water partition coefficient (Wildman–Crippen LogP) is 1.24. The van der Waals surface area contributed by atoms with E-state index in [0.717, 1.165) is 19.4 Å². The number of nitrogens with one attached hydrogen (secondary N) is 3. The van der Waals surface area contributed by atoms with Gasteiger partial charge in [0.05, 0.1) is 6.04 Å². The molecule has 22 heavy (non-hydrogen) atoms. The normalized spacial score (nSPS) is 16.7. The molecule has 3 N–H and O–H groups in total. The lowest BCUT2D eigenvalue weighted by atomic mass is 10.2. The number of halogens is 2. The molecule has 0 saturated carbocycles. The van der Waals surface area contributed by atoms with Gasteiger partial charge in [-0.15, -0.1) is 12.4 Å². The summed E-state index contributed by atoms with van der Waals surface area (Å²) in [6.07, 6.45) is 2.55. The molecule has 5 nitrogen and oxygen atoms in total. The van der Waals surface area contributed by atoms with Gasteiger partial charge in [-0.25, -0.2) is 4.39 Å². The van der Waals surface area contributed by atoms with Crippen LogP contribution in [0.25, 0.3) is 0 Å². The van der Waals surface area contributed by atoms with Crippen molar-refractivity contribution in [3.05, 3.63) is 35.6 Å². The van der Waals surface area contributed by atoms with E-state index in [1.165, 1.54) is 18.2 Å². The second kappa shape index (κ2) is 9.38. The summed E-state index contributed by atoms with van der Waals surface area (Å²) in [6, 6.07) is 5.48. The smallest absolute Gasteiger partial charge is 0.251 e. The van der Waals surface area contributed by atoms with Gasteiger partial charge in [-0.2, -0.15) is 0 Å². The number of benzene rings is 1. The zero-order valence-corrected chi connectivity index (χ0v) is 13.0. The molecular weight excluding hydrogens is 309 g/mol. The molecule has 1 unspecified atom stereocenters. The summed E-state index contributed by atoms with van der Waals surface area (Å²) in [7, 11) is 0. The molecular formula is C15H21ClFN3O2. The first-order chi connectivity index (χ1) is 10.2. The zero-order chi connectivity index (χ0) is 15.1. The van der Waals surface area contributed by atoms with E-state index >= 15 is 0 Å². The number of amides is 2. The number of carbonyl (C=O) groups is 2. The number of hydrogen-bond acceptors (Lipinski definition) is 3.